The van der Waals surface area contributed by atoms with E-state index in [9.17, 15) is 14.0 Å². The van der Waals surface area contributed by atoms with Crippen molar-refractivity contribution in [2.45, 2.75) is 77.9 Å². The average molecular weight is 407 g/mol. The van der Waals surface area contributed by atoms with Crippen LogP contribution in [0, 0.1) is 5.82 Å². The summed E-state index contributed by atoms with van der Waals surface area (Å²) < 4.78 is 19.5. The Hall–Kier alpha value is -2.21. The maximum Gasteiger partial charge on any atom is 0.330 e. The highest BCUT2D eigenvalue weighted by molar-refractivity contribution is 4.96. The maximum absolute atomic E-state index is 13.1. The number of nitrogens with one attached hydrogen (secondary N) is 1. The molecule has 29 heavy (non-hydrogen) atoms. The predicted octanol–water partition coefficient (Wildman–Crippen LogP) is 5.24. The van der Waals surface area contributed by atoms with Crippen molar-refractivity contribution in [1.29, 1.82) is 0 Å². The third-order valence-electron chi connectivity index (χ3n) is 4.39. The highest BCUT2D eigenvalue weighted by Crippen LogP contribution is 2.08. The number of hydrogen-bond acceptors (Lipinski definition) is 3. The summed E-state index contributed by atoms with van der Waals surface area (Å²) in [5, 5.41) is 0. The van der Waals surface area contributed by atoms with Gasteiger partial charge in [0.15, 0.2) is 0 Å². The first-order chi connectivity index (χ1) is 14.1. The van der Waals surface area contributed by atoms with Gasteiger partial charge in [0.1, 0.15) is 6.73 Å². The highest BCUT2D eigenvalue weighted by atomic mass is 19.1. The van der Waals surface area contributed by atoms with Crippen LogP contribution in [0.3, 0.4) is 0 Å². The fourth-order valence-electron chi connectivity index (χ4n) is 2.74. The van der Waals surface area contributed by atoms with Crippen LogP contribution >= 0.6 is 0 Å². The third kappa shape index (κ3) is 12.8. The van der Waals surface area contributed by atoms with Crippen LogP contribution < -0.4 is 11.2 Å². The number of hydrogen-bond donors (Lipinski definition) is 1. The molecule has 6 heteroatoms. The fraction of sp³-hybridized carbons (Fsp3) is 0.565. The molecule has 1 aromatic heterocycles. The number of aromatic amines is 1. The molecule has 0 aliphatic carbocycles. The Balaban J connectivity index is 1.92. The van der Waals surface area contributed by atoms with E-state index in [2.05, 4.69) is 43.4 Å². The van der Waals surface area contributed by atoms with Crippen molar-refractivity contribution in [2.75, 3.05) is 6.61 Å². The molecule has 0 fully saturated rings. The zero-order chi connectivity index (χ0) is 21.2. The minimum absolute atomic E-state index is 0.0521. The first kappa shape index (κ1) is 24.8. The van der Waals surface area contributed by atoms with E-state index in [4.69, 9.17) is 4.74 Å². The second kappa shape index (κ2) is 16.7. The molecule has 1 aromatic rings. The van der Waals surface area contributed by atoms with Gasteiger partial charge in [-0.25, -0.2) is 4.79 Å². The van der Waals surface area contributed by atoms with Crippen LogP contribution in [0.15, 0.2) is 52.2 Å². The fourth-order valence-corrected chi connectivity index (χ4v) is 2.74. The molecule has 0 unspecified atom stereocenters. The maximum atomic E-state index is 13.1. The summed E-state index contributed by atoms with van der Waals surface area (Å²) in [6, 6.07) is 0. The number of nitrogens with zero attached hydrogens (tertiary/aromatic N) is 1. The lowest BCUT2D eigenvalue weighted by atomic mass is 10.1. The van der Waals surface area contributed by atoms with Gasteiger partial charge in [-0.2, -0.15) is 4.39 Å². The van der Waals surface area contributed by atoms with Crippen LogP contribution in [0.1, 0.15) is 71.1 Å². The first-order valence-electron chi connectivity index (χ1n) is 10.7. The Morgan fingerprint density at radius 1 is 0.931 bits per heavy atom. The van der Waals surface area contributed by atoms with Gasteiger partial charge in [0.25, 0.3) is 5.56 Å². The zero-order valence-electron chi connectivity index (χ0n) is 17.6. The number of rotatable bonds is 16. The summed E-state index contributed by atoms with van der Waals surface area (Å²) in [5.41, 5.74) is -1.67. The zero-order valence-corrected chi connectivity index (χ0v) is 17.6. The Morgan fingerprint density at radius 2 is 1.55 bits per heavy atom. The molecule has 0 atom stereocenters. The molecule has 0 bridgehead atoms. The van der Waals surface area contributed by atoms with Gasteiger partial charge in [0.2, 0.25) is 5.82 Å². The molecule has 1 heterocycles. The van der Waals surface area contributed by atoms with Crippen LogP contribution in [0.25, 0.3) is 0 Å². The number of unbranched alkanes of at least 4 members (excludes halogenated alkanes) is 6. The number of halogens is 1. The van der Waals surface area contributed by atoms with Gasteiger partial charge in [-0.05, 0) is 38.5 Å². The van der Waals surface area contributed by atoms with Gasteiger partial charge in [-0.1, -0.05) is 69.1 Å². The summed E-state index contributed by atoms with van der Waals surface area (Å²) in [6.45, 7) is 2.60. The van der Waals surface area contributed by atoms with Gasteiger partial charge in [-0.15, -0.1) is 0 Å². The van der Waals surface area contributed by atoms with Gasteiger partial charge >= 0.3 is 5.69 Å². The normalized spacial score (nSPS) is 12.1. The molecule has 0 aromatic carbocycles. The quantitative estimate of drug-likeness (QED) is 0.302. The first-order valence-corrected chi connectivity index (χ1v) is 10.7. The van der Waals surface area contributed by atoms with Crippen molar-refractivity contribution < 1.29 is 9.13 Å². The summed E-state index contributed by atoms with van der Waals surface area (Å²) in [7, 11) is 0. The van der Waals surface area contributed by atoms with Crippen molar-refractivity contribution in [3.63, 3.8) is 0 Å². The molecular formula is C23H35FN2O3. The number of allylic oxidation sites excluding steroid dienone is 6. The molecule has 0 saturated heterocycles. The van der Waals surface area contributed by atoms with Crippen LogP contribution in [0.2, 0.25) is 0 Å². The lowest BCUT2D eigenvalue weighted by molar-refractivity contribution is 0.0698. The lowest BCUT2D eigenvalue weighted by Gasteiger charge is -2.06. The molecule has 5 nitrogen and oxygen atoms in total. The van der Waals surface area contributed by atoms with Gasteiger partial charge < -0.3 is 4.74 Å². The smallest absolute Gasteiger partial charge is 0.330 e. The van der Waals surface area contributed by atoms with E-state index in [1.54, 1.807) is 0 Å². The Bertz CT molecular complexity index is 747. The summed E-state index contributed by atoms with van der Waals surface area (Å²) in [6.07, 6.45) is 25.2. The molecule has 0 aliphatic heterocycles. The minimum Gasteiger partial charge on any atom is -0.361 e. The lowest BCUT2D eigenvalue weighted by Crippen LogP contribution is -2.32. The molecule has 162 valence electrons. The van der Waals surface area contributed by atoms with Gasteiger partial charge in [-0.3, -0.25) is 14.3 Å². The molecule has 0 radical (unpaired) electrons. The Labute approximate surface area is 173 Å². The SMILES string of the molecule is CC/C=C\C/C=C\C/C=C\CCCCCCCCOCn1cc(F)c(=O)[nH]c1=O. The van der Waals surface area contributed by atoms with E-state index in [1.807, 2.05) is 4.98 Å². The molecule has 0 saturated carbocycles. The number of ether oxygens (including phenoxy) is 1. The van der Waals surface area contributed by atoms with Gasteiger partial charge in [0.05, 0.1) is 6.20 Å². The van der Waals surface area contributed by atoms with E-state index in [0.29, 0.717) is 6.61 Å². The van der Waals surface area contributed by atoms with E-state index < -0.39 is 17.1 Å². The van der Waals surface area contributed by atoms with Crippen LogP contribution in [0.4, 0.5) is 4.39 Å². The van der Waals surface area contributed by atoms with E-state index in [-0.39, 0.29) is 6.73 Å². The molecule has 1 N–H and O–H groups in total. The topological polar surface area (TPSA) is 64.1 Å². The number of aromatic nitrogens is 2. The van der Waals surface area contributed by atoms with Crippen LogP contribution in [0.5, 0.6) is 0 Å². The average Bonchev–Trinajstić information content (AvgIpc) is 2.70. The predicted molar refractivity (Wildman–Crippen MR) is 116 cm³/mol. The second-order valence-corrected chi connectivity index (χ2v) is 6.95. The Kier molecular flexibility index (Phi) is 14.3. The summed E-state index contributed by atoms with van der Waals surface area (Å²) >= 11 is 0. The van der Waals surface area contributed by atoms with Crippen LogP contribution in [-0.4, -0.2) is 16.2 Å². The van der Waals surface area contributed by atoms with E-state index in [1.165, 1.54) is 19.3 Å². The minimum atomic E-state index is -1.01. The van der Waals surface area contributed by atoms with Gasteiger partial charge in [0, 0.05) is 6.61 Å². The van der Waals surface area contributed by atoms with Crippen molar-refractivity contribution in [3.8, 4) is 0 Å². The molecule has 1 rings (SSSR count). The van der Waals surface area contributed by atoms with E-state index >= 15 is 0 Å². The van der Waals surface area contributed by atoms with Crippen molar-refractivity contribution in [3.05, 3.63) is 69.3 Å². The number of H-pyrrole nitrogens is 1. The second-order valence-electron chi connectivity index (χ2n) is 6.95. The largest absolute Gasteiger partial charge is 0.361 e. The molecule has 0 amide bonds. The van der Waals surface area contributed by atoms with E-state index in [0.717, 1.165) is 55.7 Å². The summed E-state index contributed by atoms with van der Waals surface area (Å²) in [4.78, 5) is 24.3. The monoisotopic (exact) mass is 406 g/mol. The highest BCUT2D eigenvalue weighted by Gasteiger charge is 2.03. The standard InChI is InChI=1S/C23H35FN2O3/c1-2-3-4-5-6-7-8-9-10-11-12-13-14-15-16-17-18-29-20-26-19-21(24)22(27)25-23(26)28/h3-4,6-7,9-10,19H,2,5,8,11-18,20H2,1H3,(H,25,27,28)/b4-3-,7-6-,10-9-. The third-order valence-corrected chi connectivity index (χ3v) is 4.39. The Morgan fingerprint density at radius 3 is 2.28 bits per heavy atom. The van der Waals surface area contributed by atoms with Crippen molar-refractivity contribution in [2.24, 2.45) is 0 Å². The molecule has 0 aliphatic rings. The molecule has 0 spiro atoms. The van der Waals surface area contributed by atoms with Crippen LogP contribution in [-0.2, 0) is 11.5 Å². The molecular weight excluding hydrogens is 371 g/mol. The summed E-state index contributed by atoms with van der Waals surface area (Å²) in [5.74, 6) is -0.987. The van der Waals surface area contributed by atoms with Crippen molar-refractivity contribution in [1.82, 2.24) is 9.55 Å². The van der Waals surface area contributed by atoms with Crippen molar-refractivity contribution >= 4 is 0 Å².